The lowest BCUT2D eigenvalue weighted by Gasteiger charge is -2.39. The van der Waals surface area contributed by atoms with Gasteiger partial charge in [0.15, 0.2) is 11.7 Å². The molecule has 1 aromatic heterocycles. The van der Waals surface area contributed by atoms with Gasteiger partial charge in [0, 0.05) is 44.6 Å². The van der Waals surface area contributed by atoms with Gasteiger partial charge in [-0.05, 0) is 35.4 Å². The smallest absolute Gasteiger partial charge is 0.223 e. The Morgan fingerprint density at radius 1 is 0.857 bits per heavy atom. The van der Waals surface area contributed by atoms with Gasteiger partial charge >= 0.3 is 0 Å². The number of oxazole rings is 1. The van der Waals surface area contributed by atoms with Crippen LogP contribution in [0.5, 0.6) is 0 Å². The Labute approximate surface area is 204 Å². The first-order chi connectivity index (χ1) is 17.2. The van der Waals surface area contributed by atoms with Gasteiger partial charge in [-0.2, -0.15) is 0 Å². The van der Waals surface area contributed by atoms with E-state index < -0.39 is 0 Å². The summed E-state index contributed by atoms with van der Waals surface area (Å²) in [6.07, 6.45) is 2.42. The summed E-state index contributed by atoms with van der Waals surface area (Å²) in [6, 6.07) is 27.3. The van der Waals surface area contributed by atoms with E-state index in [9.17, 15) is 9.18 Å². The summed E-state index contributed by atoms with van der Waals surface area (Å²) in [5.41, 5.74) is 3.29. The predicted molar refractivity (Wildman–Crippen MR) is 133 cm³/mol. The fraction of sp³-hybridized carbons (Fsp3) is 0.241. The maximum Gasteiger partial charge on any atom is 0.223 e. The molecule has 5 nitrogen and oxygen atoms in total. The number of aromatic nitrogens is 1. The van der Waals surface area contributed by atoms with Crippen molar-refractivity contribution in [1.82, 2.24) is 14.8 Å². The Kier molecular flexibility index (Phi) is 7.00. The van der Waals surface area contributed by atoms with E-state index in [0.717, 1.165) is 18.7 Å². The van der Waals surface area contributed by atoms with Gasteiger partial charge in [-0.15, -0.1) is 0 Å². The van der Waals surface area contributed by atoms with Crippen LogP contribution >= 0.6 is 0 Å². The van der Waals surface area contributed by atoms with Crippen molar-refractivity contribution >= 4 is 5.91 Å². The molecule has 0 atom stereocenters. The molecule has 1 aliphatic heterocycles. The maximum absolute atomic E-state index is 13.1. The molecule has 0 aliphatic carbocycles. The van der Waals surface area contributed by atoms with E-state index in [1.807, 2.05) is 17.0 Å². The summed E-state index contributed by atoms with van der Waals surface area (Å²) in [6.45, 7) is 3.02. The summed E-state index contributed by atoms with van der Waals surface area (Å²) in [7, 11) is 0. The highest BCUT2D eigenvalue weighted by Gasteiger charge is 2.28. The third kappa shape index (κ3) is 5.49. The summed E-state index contributed by atoms with van der Waals surface area (Å²) in [5, 5.41) is 0. The van der Waals surface area contributed by atoms with Crippen molar-refractivity contribution in [3.05, 3.63) is 114 Å². The third-order valence-corrected chi connectivity index (χ3v) is 6.50. The molecular weight excluding hydrogens is 441 g/mol. The van der Waals surface area contributed by atoms with Crippen LogP contribution in [0.15, 0.2) is 95.5 Å². The maximum atomic E-state index is 13.1. The van der Waals surface area contributed by atoms with Gasteiger partial charge in [-0.25, -0.2) is 9.37 Å². The Bertz CT molecular complexity index is 1190. The zero-order valence-corrected chi connectivity index (χ0v) is 19.5. The number of hydrogen-bond acceptors (Lipinski definition) is 4. The minimum atomic E-state index is -0.293. The number of benzene rings is 3. The second-order valence-corrected chi connectivity index (χ2v) is 8.77. The summed E-state index contributed by atoms with van der Waals surface area (Å²) in [4.78, 5) is 21.6. The largest absolute Gasteiger partial charge is 0.441 e. The number of carbonyl (C=O) groups excluding carboxylic acids is 1. The number of rotatable bonds is 7. The van der Waals surface area contributed by atoms with Gasteiger partial charge in [-0.1, -0.05) is 60.7 Å². The molecule has 2 heterocycles. The normalized spacial score (nSPS) is 14.4. The molecule has 1 aliphatic rings. The molecule has 4 aromatic rings. The van der Waals surface area contributed by atoms with Crippen molar-refractivity contribution < 1.29 is 13.6 Å². The molecule has 0 saturated carbocycles. The van der Waals surface area contributed by atoms with Gasteiger partial charge in [0.25, 0.3) is 0 Å². The van der Waals surface area contributed by atoms with Gasteiger partial charge in [0.2, 0.25) is 5.91 Å². The van der Waals surface area contributed by atoms with E-state index in [2.05, 4.69) is 58.4 Å². The molecular formula is C29H28FN3O2. The van der Waals surface area contributed by atoms with E-state index in [0.29, 0.717) is 37.6 Å². The Morgan fingerprint density at radius 3 is 2.06 bits per heavy atom. The minimum absolute atomic E-state index is 0.113. The summed E-state index contributed by atoms with van der Waals surface area (Å²) < 4.78 is 18.9. The number of halogens is 1. The van der Waals surface area contributed by atoms with E-state index in [1.165, 1.54) is 23.3 Å². The Balaban J connectivity index is 1.18. The topological polar surface area (TPSA) is 49.6 Å². The molecule has 6 heteroatoms. The Hall–Kier alpha value is -3.77. The van der Waals surface area contributed by atoms with Crippen molar-refractivity contribution in [1.29, 1.82) is 0 Å². The van der Waals surface area contributed by atoms with Crippen LogP contribution in [-0.4, -0.2) is 46.9 Å². The van der Waals surface area contributed by atoms with Crippen LogP contribution in [0.1, 0.15) is 29.5 Å². The van der Waals surface area contributed by atoms with Crippen molar-refractivity contribution in [2.45, 2.75) is 18.9 Å². The van der Waals surface area contributed by atoms with Crippen LogP contribution < -0.4 is 0 Å². The standard InChI is InChI=1S/C29H28FN3O2/c30-25-13-11-22(12-14-25)26-21-31-27(35-26)15-16-28(34)32-17-19-33(20-18-32)29(23-7-3-1-4-8-23)24-9-5-2-6-10-24/h1-14,21,29H,15-20H2. The summed E-state index contributed by atoms with van der Waals surface area (Å²) in [5.74, 6) is 0.915. The SMILES string of the molecule is O=C(CCc1ncc(-c2ccc(F)cc2)o1)N1CCN(C(c2ccccc2)c2ccccc2)CC1. The van der Waals surface area contributed by atoms with E-state index in [1.54, 1.807) is 18.3 Å². The third-order valence-electron chi connectivity index (χ3n) is 6.50. The van der Waals surface area contributed by atoms with Crippen LogP contribution in [0, 0.1) is 5.82 Å². The number of amides is 1. The van der Waals surface area contributed by atoms with Crippen molar-refractivity contribution in [3.8, 4) is 11.3 Å². The zero-order valence-electron chi connectivity index (χ0n) is 19.5. The zero-order chi connectivity index (χ0) is 24.0. The van der Waals surface area contributed by atoms with E-state index in [-0.39, 0.29) is 17.8 Å². The van der Waals surface area contributed by atoms with Crippen LogP contribution in [0.4, 0.5) is 4.39 Å². The predicted octanol–water partition coefficient (Wildman–Crippen LogP) is 5.35. The molecule has 178 valence electrons. The molecule has 3 aromatic carbocycles. The number of hydrogen-bond donors (Lipinski definition) is 0. The van der Waals surface area contributed by atoms with Crippen LogP contribution in [0.2, 0.25) is 0 Å². The van der Waals surface area contributed by atoms with Gasteiger partial charge in [0.1, 0.15) is 5.82 Å². The molecule has 5 rings (SSSR count). The molecule has 1 amide bonds. The molecule has 1 saturated heterocycles. The van der Waals surface area contributed by atoms with E-state index >= 15 is 0 Å². The summed E-state index contributed by atoms with van der Waals surface area (Å²) >= 11 is 0. The molecule has 0 unspecified atom stereocenters. The first-order valence-electron chi connectivity index (χ1n) is 12.0. The molecule has 35 heavy (non-hydrogen) atoms. The van der Waals surface area contributed by atoms with Gasteiger partial charge < -0.3 is 9.32 Å². The molecule has 0 bridgehead atoms. The second-order valence-electron chi connectivity index (χ2n) is 8.77. The highest BCUT2D eigenvalue weighted by molar-refractivity contribution is 5.76. The number of aryl methyl sites for hydroxylation is 1. The highest BCUT2D eigenvalue weighted by atomic mass is 19.1. The lowest BCUT2D eigenvalue weighted by atomic mass is 9.96. The fourth-order valence-corrected chi connectivity index (χ4v) is 4.66. The van der Waals surface area contributed by atoms with Crippen molar-refractivity contribution in [2.75, 3.05) is 26.2 Å². The highest BCUT2D eigenvalue weighted by Crippen LogP contribution is 2.29. The molecule has 1 fully saturated rings. The quantitative estimate of drug-likeness (QED) is 0.366. The van der Waals surface area contributed by atoms with Crippen LogP contribution in [-0.2, 0) is 11.2 Å². The number of nitrogens with zero attached hydrogens (tertiary/aromatic N) is 3. The average Bonchev–Trinajstić information content (AvgIpc) is 3.39. The van der Waals surface area contributed by atoms with Crippen LogP contribution in [0.25, 0.3) is 11.3 Å². The van der Waals surface area contributed by atoms with Crippen molar-refractivity contribution in [2.24, 2.45) is 0 Å². The first kappa shape index (κ1) is 23.0. The van der Waals surface area contributed by atoms with Gasteiger partial charge in [0.05, 0.1) is 12.2 Å². The molecule has 0 N–H and O–H groups in total. The second kappa shape index (κ2) is 10.7. The lowest BCUT2D eigenvalue weighted by Crippen LogP contribution is -2.49. The van der Waals surface area contributed by atoms with Crippen molar-refractivity contribution in [3.63, 3.8) is 0 Å². The van der Waals surface area contributed by atoms with E-state index in [4.69, 9.17) is 4.42 Å². The minimum Gasteiger partial charge on any atom is -0.441 e. The molecule has 0 spiro atoms. The average molecular weight is 470 g/mol. The van der Waals surface area contributed by atoms with Gasteiger partial charge in [-0.3, -0.25) is 9.69 Å². The number of piperazine rings is 1. The monoisotopic (exact) mass is 469 g/mol. The first-order valence-corrected chi connectivity index (χ1v) is 12.0. The lowest BCUT2D eigenvalue weighted by molar-refractivity contribution is -0.133. The number of carbonyl (C=O) groups is 1. The van der Waals surface area contributed by atoms with Crippen LogP contribution in [0.3, 0.4) is 0 Å². The molecule has 0 radical (unpaired) electrons. The fourth-order valence-electron chi connectivity index (χ4n) is 4.66. The Morgan fingerprint density at radius 2 is 1.46 bits per heavy atom.